The highest BCUT2D eigenvalue weighted by Gasteiger charge is 2.30. The summed E-state index contributed by atoms with van der Waals surface area (Å²) in [6.45, 7) is 1.67. The molecule has 0 unspecified atom stereocenters. The maximum absolute atomic E-state index is 11.9. The summed E-state index contributed by atoms with van der Waals surface area (Å²) >= 11 is 0. The number of hydrogen-bond acceptors (Lipinski definition) is 5. The number of aromatic nitrogens is 4. The summed E-state index contributed by atoms with van der Waals surface area (Å²) in [6.07, 6.45) is 9.23. The van der Waals surface area contributed by atoms with E-state index in [1.807, 2.05) is 0 Å². The quantitative estimate of drug-likeness (QED) is 0.886. The van der Waals surface area contributed by atoms with E-state index in [2.05, 4.69) is 25.1 Å². The van der Waals surface area contributed by atoms with Crippen molar-refractivity contribution in [3.05, 3.63) is 30.1 Å². The number of piperidine rings is 1. The second kappa shape index (κ2) is 5.61. The molecule has 3 rings (SSSR count). The summed E-state index contributed by atoms with van der Waals surface area (Å²) < 4.78 is 23.8. The first-order chi connectivity index (χ1) is 10.1. The molecule has 2 N–H and O–H groups in total. The Bertz CT molecular complexity index is 692. The maximum atomic E-state index is 11.9. The van der Waals surface area contributed by atoms with Crippen LogP contribution in [0.4, 0.5) is 0 Å². The van der Waals surface area contributed by atoms with E-state index in [4.69, 9.17) is 0 Å². The predicted molar refractivity (Wildman–Crippen MR) is 77.3 cm³/mol. The number of sulfone groups is 1. The number of rotatable bonds is 4. The first-order valence-electron chi connectivity index (χ1n) is 7.00. The lowest BCUT2D eigenvalue weighted by Crippen LogP contribution is -2.34. The minimum absolute atomic E-state index is 0.0503. The summed E-state index contributed by atoms with van der Waals surface area (Å²) in [7, 11) is -3.27. The van der Waals surface area contributed by atoms with Gasteiger partial charge >= 0.3 is 0 Å². The lowest BCUT2D eigenvalue weighted by atomic mass is 9.99. The summed E-state index contributed by atoms with van der Waals surface area (Å²) in [6, 6.07) is 0.0503. The molecule has 8 heteroatoms. The average molecular weight is 309 g/mol. The van der Waals surface area contributed by atoms with E-state index in [0.29, 0.717) is 10.6 Å². The molecule has 0 spiro atoms. The van der Waals surface area contributed by atoms with Crippen LogP contribution in [0.1, 0.15) is 36.7 Å². The minimum Gasteiger partial charge on any atom is -0.347 e. The third-order valence-corrected chi connectivity index (χ3v) is 5.03. The Kier molecular flexibility index (Phi) is 3.81. The van der Waals surface area contributed by atoms with Crippen LogP contribution in [0, 0.1) is 0 Å². The number of likely N-dealkylation sites (tertiary alicyclic amines) is 1. The van der Waals surface area contributed by atoms with Crippen LogP contribution in [0.25, 0.3) is 0 Å². The fraction of sp³-hybridized carbons (Fsp3) is 0.538. The lowest BCUT2D eigenvalue weighted by Gasteiger charge is -2.35. The molecular weight excluding hydrogens is 290 g/mol. The number of imidazole rings is 1. The zero-order valence-electron chi connectivity index (χ0n) is 11.9. The smallest absolute Gasteiger partial charge is 0.178 e. The number of aromatic amines is 2. The van der Waals surface area contributed by atoms with Crippen LogP contribution in [-0.4, -0.2) is 46.3 Å². The largest absolute Gasteiger partial charge is 0.347 e. The van der Waals surface area contributed by atoms with E-state index in [9.17, 15) is 8.42 Å². The fourth-order valence-electron chi connectivity index (χ4n) is 2.92. The van der Waals surface area contributed by atoms with E-state index in [-0.39, 0.29) is 6.04 Å². The van der Waals surface area contributed by atoms with Crippen molar-refractivity contribution >= 4 is 9.84 Å². The van der Waals surface area contributed by atoms with E-state index < -0.39 is 9.84 Å². The zero-order chi connectivity index (χ0) is 14.9. The molecule has 1 atom stereocenters. The van der Waals surface area contributed by atoms with Gasteiger partial charge in [-0.1, -0.05) is 6.42 Å². The van der Waals surface area contributed by atoms with Gasteiger partial charge in [0, 0.05) is 24.7 Å². The van der Waals surface area contributed by atoms with Crippen molar-refractivity contribution in [1.82, 2.24) is 25.1 Å². The zero-order valence-corrected chi connectivity index (χ0v) is 12.7. The van der Waals surface area contributed by atoms with Crippen LogP contribution in [0.2, 0.25) is 0 Å². The SMILES string of the molecule is CS(=O)(=O)c1cn[nH]c1[C@@H]1CCCCN1Cc1cnc[nH]1. The summed E-state index contributed by atoms with van der Waals surface area (Å²) in [4.78, 5) is 9.72. The number of nitrogens with one attached hydrogen (secondary N) is 2. The van der Waals surface area contributed by atoms with Crippen molar-refractivity contribution in [2.45, 2.75) is 36.7 Å². The van der Waals surface area contributed by atoms with Crippen molar-refractivity contribution in [2.24, 2.45) is 0 Å². The number of H-pyrrole nitrogens is 2. The van der Waals surface area contributed by atoms with Gasteiger partial charge in [0.05, 0.1) is 24.3 Å². The van der Waals surface area contributed by atoms with Gasteiger partial charge in [0.15, 0.2) is 9.84 Å². The highest BCUT2D eigenvalue weighted by atomic mass is 32.2. The molecule has 0 amide bonds. The molecule has 0 bridgehead atoms. The molecule has 1 aliphatic rings. The van der Waals surface area contributed by atoms with Gasteiger partial charge in [-0.05, 0) is 19.4 Å². The summed E-state index contributed by atoms with van der Waals surface area (Å²) in [5.74, 6) is 0. The van der Waals surface area contributed by atoms with Crippen LogP contribution >= 0.6 is 0 Å². The van der Waals surface area contributed by atoms with Gasteiger partial charge in [-0.3, -0.25) is 10.00 Å². The molecule has 0 saturated carbocycles. The van der Waals surface area contributed by atoms with Gasteiger partial charge in [0.1, 0.15) is 4.90 Å². The molecule has 0 aliphatic carbocycles. The van der Waals surface area contributed by atoms with Crippen LogP contribution in [-0.2, 0) is 16.4 Å². The molecule has 2 aromatic heterocycles. The second-order valence-corrected chi connectivity index (χ2v) is 7.46. The molecule has 114 valence electrons. The Morgan fingerprint density at radius 3 is 2.95 bits per heavy atom. The van der Waals surface area contributed by atoms with Crippen LogP contribution in [0.5, 0.6) is 0 Å². The molecule has 7 nitrogen and oxygen atoms in total. The molecule has 21 heavy (non-hydrogen) atoms. The molecule has 0 aromatic carbocycles. The number of nitrogens with zero attached hydrogens (tertiary/aromatic N) is 3. The maximum Gasteiger partial charge on any atom is 0.178 e. The van der Waals surface area contributed by atoms with E-state index in [1.165, 1.54) is 12.5 Å². The van der Waals surface area contributed by atoms with E-state index in [1.54, 1.807) is 12.5 Å². The molecule has 1 fully saturated rings. The third-order valence-electron chi connectivity index (χ3n) is 3.91. The lowest BCUT2D eigenvalue weighted by molar-refractivity contribution is 0.133. The first-order valence-corrected chi connectivity index (χ1v) is 8.89. The summed E-state index contributed by atoms with van der Waals surface area (Å²) in [5, 5.41) is 6.84. The van der Waals surface area contributed by atoms with Gasteiger partial charge in [-0.25, -0.2) is 13.4 Å². The van der Waals surface area contributed by atoms with Gasteiger partial charge in [0.2, 0.25) is 0 Å². The van der Waals surface area contributed by atoms with Crippen LogP contribution in [0.15, 0.2) is 23.6 Å². The minimum atomic E-state index is -3.27. The predicted octanol–water partition coefficient (Wildman–Crippen LogP) is 1.26. The highest BCUT2D eigenvalue weighted by Crippen LogP contribution is 2.33. The van der Waals surface area contributed by atoms with Crippen molar-refractivity contribution in [3.8, 4) is 0 Å². The molecule has 2 aromatic rings. The second-order valence-electron chi connectivity index (χ2n) is 5.48. The average Bonchev–Trinajstić information content (AvgIpc) is 3.08. The van der Waals surface area contributed by atoms with Crippen LogP contribution < -0.4 is 0 Å². The normalized spacial score (nSPS) is 20.7. The Hall–Kier alpha value is -1.67. The Morgan fingerprint density at radius 2 is 2.24 bits per heavy atom. The number of hydrogen-bond donors (Lipinski definition) is 2. The topological polar surface area (TPSA) is 94.7 Å². The standard InChI is InChI=1S/C13H19N5O2S/c1-21(19,20)12-7-16-17-13(12)11-4-2-3-5-18(11)8-10-6-14-9-15-10/h6-7,9,11H,2-5,8H2,1H3,(H,14,15)(H,16,17)/t11-/m0/s1. The van der Waals surface area contributed by atoms with Gasteiger partial charge in [0.25, 0.3) is 0 Å². The Balaban J connectivity index is 1.89. The van der Waals surface area contributed by atoms with Crippen LogP contribution in [0.3, 0.4) is 0 Å². The monoisotopic (exact) mass is 309 g/mol. The Morgan fingerprint density at radius 1 is 1.38 bits per heavy atom. The first kappa shape index (κ1) is 14.3. The van der Waals surface area contributed by atoms with E-state index >= 15 is 0 Å². The molecular formula is C13H19N5O2S. The highest BCUT2D eigenvalue weighted by molar-refractivity contribution is 7.90. The van der Waals surface area contributed by atoms with Crippen molar-refractivity contribution in [3.63, 3.8) is 0 Å². The third kappa shape index (κ3) is 3.01. The van der Waals surface area contributed by atoms with E-state index in [0.717, 1.165) is 38.0 Å². The molecule has 3 heterocycles. The van der Waals surface area contributed by atoms with Crippen molar-refractivity contribution in [2.75, 3.05) is 12.8 Å². The van der Waals surface area contributed by atoms with Gasteiger partial charge in [-0.2, -0.15) is 5.10 Å². The summed E-state index contributed by atoms with van der Waals surface area (Å²) in [5.41, 5.74) is 1.74. The molecule has 0 radical (unpaired) electrons. The molecule has 1 saturated heterocycles. The Labute approximate surface area is 123 Å². The van der Waals surface area contributed by atoms with Crippen molar-refractivity contribution in [1.29, 1.82) is 0 Å². The van der Waals surface area contributed by atoms with Crippen molar-refractivity contribution < 1.29 is 8.42 Å². The fourth-order valence-corrected chi connectivity index (χ4v) is 3.74. The van der Waals surface area contributed by atoms with Gasteiger partial charge in [-0.15, -0.1) is 0 Å². The molecule has 1 aliphatic heterocycles. The van der Waals surface area contributed by atoms with Gasteiger partial charge < -0.3 is 4.98 Å².